The standard InChI is InChI=1S/C30H32ClNO7/c1-18-22-6-5-21(36-16-19-12-26-27(14-24(19)31)38-17-37-26)13-25(22)39-29(34)23(18)7-8-28(33)32-11-10-30(35)9-3-2-4-20(30)15-32/h5-6,12-14,20,35H,2-4,7-11,15-17H2,1H3/t20-,30-/m0/s1. The molecule has 1 aliphatic carbocycles. The van der Waals surface area contributed by atoms with Crippen molar-refractivity contribution in [2.45, 2.75) is 64.1 Å². The molecule has 0 spiro atoms. The highest BCUT2D eigenvalue weighted by Gasteiger charge is 2.43. The Kier molecular flexibility index (Phi) is 6.93. The largest absolute Gasteiger partial charge is 0.489 e. The van der Waals surface area contributed by atoms with Crippen molar-refractivity contribution in [1.29, 1.82) is 0 Å². The number of amides is 1. The summed E-state index contributed by atoms with van der Waals surface area (Å²) in [7, 11) is 0. The summed E-state index contributed by atoms with van der Waals surface area (Å²) >= 11 is 6.35. The van der Waals surface area contributed by atoms with Gasteiger partial charge in [0.2, 0.25) is 12.7 Å². The molecule has 3 aliphatic rings. The third-order valence-corrected chi connectivity index (χ3v) is 8.92. The molecule has 9 heteroatoms. The highest BCUT2D eigenvalue weighted by molar-refractivity contribution is 6.31. The van der Waals surface area contributed by atoms with E-state index in [4.69, 9.17) is 30.2 Å². The summed E-state index contributed by atoms with van der Waals surface area (Å²) in [6.45, 7) is 3.42. The molecule has 2 atom stereocenters. The first kappa shape index (κ1) is 26.0. The molecular weight excluding hydrogens is 522 g/mol. The number of carbonyl (C=O) groups excluding carboxylic acids is 1. The van der Waals surface area contributed by atoms with E-state index in [1.807, 2.05) is 24.0 Å². The van der Waals surface area contributed by atoms with E-state index in [2.05, 4.69) is 0 Å². The zero-order valence-electron chi connectivity index (χ0n) is 22.0. The van der Waals surface area contributed by atoms with E-state index in [9.17, 15) is 14.7 Å². The number of hydrogen-bond donors (Lipinski definition) is 1. The number of rotatable bonds is 6. The molecule has 39 heavy (non-hydrogen) atoms. The molecule has 0 radical (unpaired) electrons. The molecule has 6 rings (SSSR count). The van der Waals surface area contributed by atoms with Gasteiger partial charge in [0.1, 0.15) is 17.9 Å². The summed E-state index contributed by atoms with van der Waals surface area (Å²) in [6.07, 6.45) is 5.13. The van der Waals surface area contributed by atoms with E-state index >= 15 is 0 Å². The number of benzene rings is 2. The molecule has 1 N–H and O–H groups in total. The van der Waals surface area contributed by atoms with Crippen molar-refractivity contribution >= 4 is 28.5 Å². The molecule has 1 aromatic heterocycles. The number of ether oxygens (including phenoxy) is 3. The maximum atomic E-state index is 13.0. The zero-order valence-corrected chi connectivity index (χ0v) is 22.7. The smallest absolute Gasteiger partial charge is 0.339 e. The average Bonchev–Trinajstić information content (AvgIpc) is 3.37. The number of aliphatic hydroxyl groups is 1. The topological polar surface area (TPSA) is 98.4 Å². The fraction of sp³-hybridized carbons (Fsp3) is 0.467. The van der Waals surface area contributed by atoms with E-state index < -0.39 is 11.2 Å². The Bertz CT molecular complexity index is 1480. The number of aryl methyl sites for hydroxylation is 1. The van der Waals surface area contributed by atoms with Crippen LogP contribution >= 0.6 is 11.6 Å². The highest BCUT2D eigenvalue weighted by Crippen LogP contribution is 2.40. The molecule has 1 amide bonds. The Morgan fingerprint density at radius 1 is 1.18 bits per heavy atom. The first-order valence-electron chi connectivity index (χ1n) is 13.6. The number of halogens is 1. The van der Waals surface area contributed by atoms with Gasteiger partial charge in [0.05, 0.1) is 10.6 Å². The van der Waals surface area contributed by atoms with Gasteiger partial charge >= 0.3 is 5.63 Å². The molecule has 2 fully saturated rings. The quantitative estimate of drug-likeness (QED) is 0.422. The second-order valence-electron chi connectivity index (χ2n) is 10.9. The number of piperidine rings is 1. The van der Waals surface area contributed by atoms with Gasteiger partial charge in [-0.05, 0) is 56.4 Å². The van der Waals surface area contributed by atoms with Crippen LogP contribution in [0.1, 0.15) is 55.2 Å². The predicted molar refractivity (Wildman–Crippen MR) is 146 cm³/mol. The lowest BCUT2D eigenvalue weighted by Gasteiger charge is -2.47. The Hall–Kier alpha value is -3.23. The minimum absolute atomic E-state index is 0.0208. The summed E-state index contributed by atoms with van der Waals surface area (Å²) in [5.74, 6) is 1.94. The summed E-state index contributed by atoms with van der Waals surface area (Å²) in [5.41, 5.74) is 1.44. The minimum Gasteiger partial charge on any atom is -0.489 e. The molecule has 206 valence electrons. The van der Waals surface area contributed by atoms with Gasteiger partial charge in [0, 0.05) is 54.1 Å². The first-order valence-corrected chi connectivity index (χ1v) is 14.0. The molecule has 3 heterocycles. The van der Waals surface area contributed by atoms with Crippen LogP contribution in [-0.2, 0) is 17.8 Å². The van der Waals surface area contributed by atoms with Crippen molar-refractivity contribution < 1.29 is 28.5 Å². The molecule has 8 nitrogen and oxygen atoms in total. The van der Waals surface area contributed by atoms with Gasteiger partial charge < -0.3 is 28.6 Å². The van der Waals surface area contributed by atoms with Crippen LogP contribution in [0.15, 0.2) is 39.5 Å². The number of likely N-dealkylation sites (tertiary alicyclic amines) is 1. The molecule has 3 aromatic rings. The molecule has 0 bridgehead atoms. The van der Waals surface area contributed by atoms with Crippen LogP contribution in [0.4, 0.5) is 0 Å². The predicted octanol–water partition coefficient (Wildman–Crippen LogP) is 5.15. The van der Waals surface area contributed by atoms with E-state index in [1.54, 1.807) is 18.2 Å². The summed E-state index contributed by atoms with van der Waals surface area (Å²) < 4.78 is 22.3. The Morgan fingerprint density at radius 2 is 2.00 bits per heavy atom. The van der Waals surface area contributed by atoms with E-state index in [0.717, 1.165) is 42.2 Å². The van der Waals surface area contributed by atoms with Crippen molar-refractivity contribution in [3.05, 3.63) is 62.5 Å². The molecule has 1 saturated heterocycles. The number of fused-ring (bicyclic) bond motifs is 3. The lowest BCUT2D eigenvalue weighted by Crippen LogP contribution is -2.54. The summed E-state index contributed by atoms with van der Waals surface area (Å²) in [6, 6.07) is 8.88. The van der Waals surface area contributed by atoms with Crippen LogP contribution in [0, 0.1) is 12.8 Å². The third kappa shape index (κ3) is 5.08. The van der Waals surface area contributed by atoms with Crippen LogP contribution in [0.2, 0.25) is 5.02 Å². The van der Waals surface area contributed by atoms with E-state index in [0.29, 0.717) is 59.3 Å². The van der Waals surface area contributed by atoms with Crippen LogP contribution < -0.4 is 19.8 Å². The van der Waals surface area contributed by atoms with Crippen molar-refractivity contribution in [3.63, 3.8) is 0 Å². The first-order chi connectivity index (χ1) is 18.8. The van der Waals surface area contributed by atoms with Gasteiger partial charge in [-0.3, -0.25) is 4.79 Å². The zero-order chi connectivity index (χ0) is 27.1. The normalized spacial score (nSPS) is 22.1. The molecule has 0 unspecified atom stereocenters. The van der Waals surface area contributed by atoms with Crippen molar-refractivity contribution in [2.24, 2.45) is 5.92 Å². The van der Waals surface area contributed by atoms with Crippen molar-refractivity contribution in [3.8, 4) is 17.2 Å². The van der Waals surface area contributed by atoms with Gasteiger partial charge in [0.25, 0.3) is 0 Å². The van der Waals surface area contributed by atoms with Gasteiger partial charge in [-0.25, -0.2) is 4.79 Å². The molecule has 1 saturated carbocycles. The minimum atomic E-state index is -0.621. The van der Waals surface area contributed by atoms with Gasteiger partial charge in [0.15, 0.2) is 11.5 Å². The average molecular weight is 554 g/mol. The maximum absolute atomic E-state index is 13.0. The Balaban J connectivity index is 1.12. The van der Waals surface area contributed by atoms with E-state index in [-0.39, 0.29) is 31.6 Å². The van der Waals surface area contributed by atoms with Gasteiger partial charge in [-0.2, -0.15) is 0 Å². The van der Waals surface area contributed by atoms with Crippen LogP contribution in [0.5, 0.6) is 17.2 Å². The second-order valence-corrected chi connectivity index (χ2v) is 11.3. The monoisotopic (exact) mass is 553 g/mol. The van der Waals surface area contributed by atoms with Crippen molar-refractivity contribution in [2.75, 3.05) is 19.9 Å². The Morgan fingerprint density at radius 3 is 2.85 bits per heavy atom. The van der Waals surface area contributed by atoms with Crippen molar-refractivity contribution in [1.82, 2.24) is 4.90 Å². The van der Waals surface area contributed by atoms with Gasteiger partial charge in [-0.1, -0.05) is 24.4 Å². The van der Waals surface area contributed by atoms with Gasteiger partial charge in [-0.15, -0.1) is 0 Å². The van der Waals surface area contributed by atoms with Crippen LogP contribution in [-0.4, -0.2) is 41.4 Å². The lowest BCUT2D eigenvalue weighted by molar-refractivity contribution is -0.143. The molecule has 2 aliphatic heterocycles. The maximum Gasteiger partial charge on any atom is 0.339 e. The SMILES string of the molecule is Cc1c(CCC(=O)N2CC[C@@]3(O)CCCC[C@H]3C2)c(=O)oc2cc(OCc3cc4c(cc3Cl)OCO4)ccc12. The summed E-state index contributed by atoms with van der Waals surface area (Å²) in [5, 5.41) is 12.2. The third-order valence-electron chi connectivity index (χ3n) is 8.56. The fourth-order valence-corrected chi connectivity index (χ4v) is 6.38. The lowest BCUT2D eigenvalue weighted by atomic mass is 9.71. The molecular formula is C30H32ClNO7. The van der Waals surface area contributed by atoms with Crippen LogP contribution in [0.3, 0.4) is 0 Å². The highest BCUT2D eigenvalue weighted by atomic mass is 35.5. The number of nitrogens with zero attached hydrogens (tertiary/aromatic N) is 1. The van der Waals surface area contributed by atoms with E-state index in [1.165, 1.54) is 0 Å². The number of carbonyl (C=O) groups is 1. The Labute approximate surface area is 231 Å². The molecule has 2 aromatic carbocycles. The summed E-state index contributed by atoms with van der Waals surface area (Å²) in [4.78, 5) is 27.8. The van der Waals surface area contributed by atoms with Crippen LogP contribution in [0.25, 0.3) is 11.0 Å². The fourth-order valence-electron chi connectivity index (χ4n) is 6.17. The number of hydrogen-bond acceptors (Lipinski definition) is 7. The second kappa shape index (κ2) is 10.4.